The molecule has 0 N–H and O–H groups in total. The summed E-state index contributed by atoms with van der Waals surface area (Å²) >= 11 is 0. The first-order valence-corrected chi connectivity index (χ1v) is 12.5. The van der Waals surface area contributed by atoms with Gasteiger partial charge < -0.3 is 18.5 Å². The molecule has 3 rings (SSSR count). The standard InChI is InChI=1S/C24H26F2NO7P/c1-4-31-22(28)21-15-18-14-19(24(25,26)35(30,33-5-2)34-6-3)12-13-20(18)27(21)23(29)32-16-17-10-8-7-9-11-17/h7-15H,4-6,16H2,1-3H3. The van der Waals surface area contributed by atoms with Crippen molar-refractivity contribution in [3.63, 3.8) is 0 Å². The van der Waals surface area contributed by atoms with Crippen molar-refractivity contribution in [3.05, 3.63) is 71.4 Å². The Morgan fingerprint density at radius 2 is 1.57 bits per heavy atom. The molecule has 0 atom stereocenters. The van der Waals surface area contributed by atoms with Crippen LogP contribution in [0.4, 0.5) is 13.6 Å². The molecule has 2 aromatic carbocycles. The lowest BCUT2D eigenvalue weighted by Gasteiger charge is -2.26. The molecule has 11 heteroatoms. The molecule has 0 saturated carbocycles. The van der Waals surface area contributed by atoms with E-state index in [2.05, 4.69) is 0 Å². The fraction of sp³-hybridized carbons (Fsp3) is 0.333. The maximum atomic E-state index is 15.3. The van der Waals surface area contributed by atoms with Crippen molar-refractivity contribution in [2.45, 2.75) is 33.0 Å². The molecule has 0 amide bonds. The van der Waals surface area contributed by atoms with E-state index in [0.717, 1.165) is 22.3 Å². The number of carbonyl (C=O) groups is 2. The number of halogens is 2. The fourth-order valence-electron chi connectivity index (χ4n) is 3.44. The zero-order chi connectivity index (χ0) is 25.6. The molecule has 0 aliphatic carbocycles. The van der Waals surface area contributed by atoms with Crippen molar-refractivity contribution in [1.29, 1.82) is 0 Å². The number of hydrogen-bond acceptors (Lipinski definition) is 7. The van der Waals surface area contributed by atoms with Gasteiger partial charge in [-0.1, -0.05) is 36.4 Å². The topological polar surface area (TPSA) is 93.1 Å². The van der Waals surface area contributed by atoms with Gasteiger partial charge in [0, 0.05) is 10.9 Å². The van der Waals surface area contributed by atoms with E-state index in [1.54, 1.807) is 31.2 Å². The molecule has 0 aliphatic rings. The summed E-state index contributed by atoms with van der Waals surface area (Å²) in [5, 5.41) is 0.112. The predicted molar refractivity (Wildman–Crippen MR) is 125 cm³/mol. The van der Waals surface area contributed by atoms with E-state index in [-0.39, 0.29) is 43.0 Å². The number of nitrogens with zero attached hydrogens (tertiary/aromatic N) is 1. The van der Waals surface area contributed by atoms with Crippen molar-refractivity contribution >= 4 is 30.6 Å². The van der Waals surface area contributed by atoms with Gasteiger partial charge in [0.25, 0.3) is 0 Å². The zero-order valence-electron chi connectivity index (χ0n) is 19.5. The van der Waals surface area contributed by atoms with Gasteiger partial charge in [-0.25, -0.2) is 14.2 Å². The van der Waals surface area contributed by atoms with Crippen LogP contribution in [0.1, 0.15) is 42.4 Å². The van der Waals surface area contributed by atoms with Crippen LogP contribution in [0.25, 0.3) is 10.9 Å². The third-order valence-corrected chi connectivity index (χ3v) is 7.11. The quantitative estimate of drug-likeness (QED) is 0.233. The van der Waals surface area contributed by atoms with Crippen molar-refractivity contribution < 1.29 is 41.5 Å². The lowest BCUT2D eigenvalue weighted by molar-refractivity contribution is 0.0362. The summed E-state index contributed by atoms with van der Waals surface area (Å²) < 4.78 is 64.4. The highest BCUT2D eigenvalue weighted by Crippen LogP contribution is 2.66. The highest BCUT2D eigenvalue weighted by atomic mass is 31.2. The van der Waals surface area contributed by atoms with Crippen LogP contribution in [0, 0.1) is 0 Å². The molecule has 1 aromatic heterocycles. The Labute approximate surface area is 201 Å². The second-order valence-corrected chi connectivity index (χ2v) is 9.35. The van der Waals surface area contributed by atoms with Crippen molar-refractivity contribution in [1.82, 2.24) is 4.57 Å². The van der Waals surface area contributed by atoms with Gasteiger partial charge in [0.1, 0.15) is 12.3 Å². The van der Waals surface area contributed by atoms with Crippen LogP contribution < -0.4 is 0 Å². The minimum atomic E-state index is -4.84. The number of alkyl halides is 2. The highest BCUT2D eigenvalue weighted by Gasteiger charge is 2.54. The molecule has 0 aliphatic heterocycles. The lowest BCUT2D eigenvalue weighted by atomic mass is 10.1. The van der Waals surface area contributed by atoms with Crippen LogP contribution in [-0.4, -0.2) is 36.5 Å². The average Bonchev–Trinajstić information content (AvgIpc) is 3.23. The average molecular weight is 509 g/mol. The first-order valence-electron chi connectivity index (χ1n) is 11.0. The third kappa shape index (κ3) is 5.45. The van der Waals surface area contributed by atoms with Crippen molar-refractivity contribution in [2.24, 2.45) is 0 Å². The molecule has 0 fully saturated rings. The largest absolute Gasteiger partial charge is 0.461 e. The van der Waals surface area contributed by atoms with Gasteiger partial charge in [0.2, 0.25) is 0 Å². The predicted octanol–water partition coefficient (Wildman–Crippen LogP) is 6.32. The van der Waals surface area contributed by atoms with Gasteiger partial charge in [0.15, 0.2) is 0 Å². The smallest absolute Gasteiger partial charge is 0.419 e. The summed E-state index contributed by atoms with van der Waals surface area (Å²) in [6, 6.07) is 13.4. The summed E-state index contributed by atoms with van der Waals surface area (Å²) in [4.78, 5) is 25.5. The van der Waals surface area contributed by atoms with Crippen LogP contribution in [0.15, 0.2) is 54.6 Å². The summed E-state index contributed by atoms with van der Waals surface area (Å²) in [6.45, 7) is 3.93. The number of benzene rings is 2. The Balaban J connectivity index is 2.05. The van der Waals surface area contributed by atoms with Crippen molar-refractivity contribution in [3.8, 4) is 0 Å². The number of aromatic nitrogens is 1. The number of carbonyl (C=O) groups excluding carboxylic acids is 2. The third-order valence-electron chi connectivity index (χ3n) is 4.96. The molecule has 8 nitrogen and oxygen atoms in total. The SMILES string of the molecule is CCOC(=O)c1cc2cc(C(F)(F)P(=O)(OCC)OCC)ccc2n1C(=O)OCc1ccccc1. The van der Waals surface area contributed by atoms with E-state index in [1.165, 1.54) is 26.0 Å². The van der Waals surface area contributed by atoms with Crippen LogP contribution in [-0.2, 0) is 35.4 Å². The Morgan fingerprint density at radius 3 is 2.17 bits per heavy atom. The molecule has 1 heterocycles. The number of esters is 1. The van der Waals surface area contributed by atoms with Crippen LogP contribution in [0.3, 0.4) is 0 Å². The van der Waals surface area contributed by atoms with E-state index in [9.17, 15) is 14.2 Å². The number of rotatable bonds is 10. The summed E-state index contributed by atoms with van der Waals surface area (Å²) in [5.74, 6) is -0.831. The Bertz CT molecular complexity index is 1230. The van der Waals surface area contributed by atoms with Crippen LogP contribution in [0.2, 0.25) is 0 Å². The number of ether oxygens (including phenoxy) is 2. The van der Waals surface area contributed by atoms with E-state index >= 15 is 8.78 Å². The van der Waals surface area contributed by atoms with Crippen molar-refractivity contribution in [2.75, 3.05) is 19.8 Å². The van der Waals surface area contributed by atoms with Gasteiger partial charge in [-0.15, -0.1) is 0 Å². The molecule has 0 saturated heterocycles. The summed E-state index contributed by atoms with van der Waals surface area (Å²) in [7, 11) is -4.84. The number of fused-ring (bicyclic) bond motifs is 1. The normalized spacial score (nSPS) is 12.0. The monoisotopic (exact) mass is 509 g/mol. The Hall–Kier alpha value is -3.07. The molecular weight excluding hydrogens is 483 g/mol. The summed E-state index contributed by atoms with van der Waals surface area (Å²) in [6.07, 6.45) is -0.888. The first-order chi connectivity index (χ1) is 16.7. The minimum absolute atomic E-state index is 0.0363. The van der Waals surface area contributed by atoms with E-state index in [0.29, 0.717) is 0 Å². The van der Waals surface area contributed by atoms with Gasteiger partial charge in [-0.2, -0.15) is 8.78 Å². The molecule has 0 unspecified atom stereocenters. The highest BCUT2D eigenvalue weighted by molar-refractivity contribution is 7.54. The molecular formula is C24H26F2NO7P. The molecule has 188 valence electrons. The van der Waals surface area contributed by atoms with E-state index in [1.807, 2.05) is 6.07 Å². The summed E-state index contributed by atoms with van der Waals surface area (Å²) in [5.41, 5.74) is -3.97. The van der Waals surface area contributed by atoms with E-state index in [4.69, 9.17) is 18.5 Å². The zero-order valence-corrected chi connectivity index (χ0v) is 20.4. The van der Waals surface area contributed by atoms with Crippen LogP contribution in [0.5, 0.6) is 0 Å². The van der Waals surface area contributed by atoms with Gasteiger partial charge >= 0.3 is 25.3 Å². The molecule has 0 spiro atoms. The molecule has 0 radical (unpaired) electrons. The van der Waals surface area contributed by atoms with Gasteiger partial charge in [0.05, 0.1) is 25.3 Å². The van der Waals surface area contributed by atoms with Crippen LogP contribution >= 0.6 is 7.60 Å². The maximum Gasteiger partial charge on any atom is 0.419 e. The first kappa shape index (κ1) is 26.5. The minimum Gasteiger partial charge on any atom is -0.461 e. The molecule has 35 heavy (non-hydrogen) atoms. The fourth-order valence-corrected chi connectivity index (χ4v) is 4.97. The van der Waals surface area contributed by atoms with Gasteiger partial charge in [-0.3, -0.25) is 4.57 Å². The Morgan fingerprint density at radius 1 is 0.914 bits per heavy atom. The molecule has 0 bridgehead atoms. The maximum absolute atomic E-state index is 15.3. The molecule has 3 aromatic rings. The second kappa shape index (κ2) is 11.1. The lowest BCUT2D eigenvalue weighted by Crippen LogP contribution is -2.20. The Kier molecular flexibility index (Phi) is 8.43. The van der Waals surface area contributed by atoms with E-state index < -0.39 is 30.9 Å². The number of hydrogen-bond donors (Lipinski definition) is 0. The van der Waals surface area contributed by atoms with Gasteiger partial charge in [-0.05, 0) is 44.5 Å². The second-order valence-electron chi connectivity index (χ2n) is 7.27.